The zero-order chi connectivity index (χ0) is 14.3. The number of hydrogen-bond acceptors (Lipinski definition) is 1. The lowest BCUT2D eigenvalue weighted by atomic mass is 9.90. The standard InChI is InChI=1S/C17H21BrO/c1-9-7-10(2)13(5)16(12(9)4)17(18)15-8-11(3)19-14(15)6/h7-8,17H,1-6H3. The second kappa shape index (κ2) is 5.16. The minimum atomic E-state index is 0.198. The lowest BCUT2D eigenvalue weighted by Gasteiger charge is -2.19. The molecule has 1 aromatic heterocycles. The highest BCUT2D eigenvalue weighted by molar-refractivity contribution is 9.09. The van der Waals surface area contributed by atoms with Crippen molar-refractivity contribution in [2.75, 3.05) is 0 Å². The van der Waals surface area contributed by atoms with Crippen LogP contribution in [-0.4, -0.2) is 0 Å². The minimum Gasteiger partial charge on any atom is -0.466 e. The van der Waals surface area contributed by atoms with Gasteiger partial charge in [-0.3, -0.25) is 0 Å². The highest BCUT2D eigenvalue weighted by Gasteiger charge is 2.21. The van der Waals surface area contributed by atoms with Crippen molar-refractivity contribution in [2.45, 2.75) is 46.4 Å². The summed E-state index contributed by atoms with van der Waals surface area (Å²) >= 11 is 3.87. The molecule has 0 saturated carbocycles. The molecular weight excluding hydrogens is 300 g/mol. The Labute approximate surface area is 124 Å². The maximum Gasteiger partial charge on any atom is 0.105 e. The van der Waals surface area contributed by atoms with Crippen LogP contribution in [0.5, 0.6) is 0 Å². The Morgan fingerprint density at radius 2 is 1.42 bits per heavy atom. The summed E-state index contributed by atoms with van der Waals surface area (Å²) in [5, 5.41) is 0. The Morgan fingerprint density at radius 1 is 0.895 bits per heavy atom. The molecule has 1 heterocycles. The topological polar surface area (TPSA) is 13.1 Å². The number of benzene rings is 1. The molecule has 0 spiro atoms. The number of aryl methyl sites for hydroxylation is 4. The molecule has 0 aliphatic rings. The maximum atomic E-state index is 5.67. The predicted molar refractivity (Wildman–Crippen MR) is 84.3 cm³/mol. The van der Waals surface area contributed by atoms with E-state index in [2.05, 4.69) is 55.8 Å². The molecule has 0 aliphatic heterocycles. The predicted octanol–water partition coefficient (Wildman–Crippen LogP) is 5.61. The number of alkyl halides is 1. The SMILES string of the molecule is Cc1cc(C(Br)c2c(C)c(C)cc(C)c2C)c(C)o1. The van der Waals surface area contributed by atoms with Crippen LogP contribution in [0.25, 0.3) is 0 Å². The molecule has 102 valence electrons. The second-order valence-electron chi connectivity index (χ2n) is 5.41. The third kappa shape index (κ3) is 2.51. The van der Waals surface area contributed by atoms with Gasteiger partial charge in [-0.25, -0.2) is 0 Å². The fraction of sp³-hybridized carbons (Fsp3) is 0.412. The van der Waals surface area contributed by atoms with Gasteiger partial charge in [0.2, 0.25) is 0 Å². The van der Waals surface area contributed by atoms with E-state index in [1.54, 1.807) is 0 Å². The summed E-state index contributed by atoms with van der Waals surface area (Å²) in [6, 6.07) is 4.40. The zero-order valence-electron chi connectivity index (χ0n) is 12.5. The van der Waals surface area contributed by atoms with E-state index in [-0.39, 0.29) is 4.83 Å². The van der Waals surface area contributed by atoms with Crippen LogP contribution in [0.3, 0.4) is 0 Å². The van der Waals surface area contributed by atoms with Gasteiger partial charge in [-0.1, -0.05) is 22.0 Å². The van der Waals surface area contributed by atoms with Gasteiger partial charge in [-0.15, -0.1) is 0 Å². The Hall–Kier alpha value is -1.02. The second-order valence-corrected chi connectivity index (χ2v) is 6.32. The molecule has 0 N–H and O–H groups in total. The largest absolute Gasteiger partial charge is 0.466 e. The van der Waals surface area contributed by atoms with Crippen molar-refractivity contribution in [3.8, 4) is 0 Å². The molecule has 0 radical (unpaired) electrons. The van der Waals surface area contributed by atoms with Gasteiger partial charge in [-0.05, 0) is 75.4 Å². The summed E-state index contributed by atoms with van der Waals surface area (Å²) in [6.45, 7) is 12.8. The molecule has 0 amide bonds. The Kier molecular flexibility index (Phi) is 3.91. The van der Waals surface area contributed by atoms with Crippen molar-refractivity contribution in [1.29, 1.82) is 0 Å². The molecule has 1 nitrogen and oxygen atoms in total. The van der Waals surface area contributed by atoms with Gasteiger partial charge in [0.25, 0.3) is 0 Å². The van der Waals surface area contributed by atoms with E-state index in [1.165, 1.54) is 33.4 Å². The van der Waals surface area contributed by atoms with Crippen LogP contribution in [0.15, 0.2) is 16.5 Å². The molecular formula is C17H21BrO. The number of rotatable bonds is 2. The molecule has 0 saturated heterocycles. The monoisotopic (exact) mass is 320 g/mol. The van der Waals surface area contributed by atoms with Gasteiger partial charge >= 0.3 is 0 Å². The van der Waals surface area contributed by atoms with E-state index in [0.29, 0.717) is 0 Å². The molecule has 1 unspecified atom stereocenters. The normalized spacial score (nSPS) is 12.8. The van der Waals surface area contributed by atoms with E-state index in [9.17, 15) is 0 Å². The number of furan rings is 1. The fourth-order valence-corrected chi connectivity index (χ4v) is 3.83. The lowest BCUT2D eigenvalue weighted by Crippen LogP contribution is -2.03. The average molecular weight is 321 g/mol. The zero-order valence-corrected chi connectivity index (χ0v) is 14.1. The molecule has 19 heavy (non-hydrogen) atoms. The van der Waals surface area contributed by atoms with Crippen molar-refractivity contribution in [3.05, 3.63) is 57.0 Å². The van der Waals surface area contributed by atoms with Gasteiger partial charge < -0.3 is 4.42 Å². The lowest BCUT2D eigenvalue weighted by molar-refractivity contribution is 0.502. The van der Waals surface area contributed by atoms with Gasteiger partial charge in [0.1, 0.15) is 11.5 Å². The highest BCUT2D eigenvalue weighted by atomic mass is 79.9. The summed E-state index contributed by atoms with van der Waals surface area (Å²) < 4.78 is 5.67. The summed E-state index contributed by atoms with van der Waals surface area (Å²) in [7, 11) is 0. The summed E-state index contributed by atoms with van der Waals surface area (Å²) in [5.41, 5.74) is 8.03. The number of hydrogen-bond donors (Lipinski definition) is 0. The van der Waals surface area contributed by atoms with Crippen LogP contribution < -0.4 is 0 Å². The average Bonchev–Trinajstić information content (AvgIpc) is 2.66. The molecule has 0 aliphatic carbocycles. The van der Waals surface area contributed by atoms with Crippen LogP contribution >= 0.6 is 15.9 Å². The molecule has 1 aromatic carbocycles. The smallest absolute Gasteiger partial charge is 0.105 e. The van der Waals surface area contributed by atoms with Crippen molar-refractivity contribution in [1.82, 2.24) is 0 Å². The molecule has 0 bridgehead atoms. The van der Waals surface area contributed by atoms with E-state index in [1.807, 2.05) is 13.8 Å². The molecule has 0 fully saturated rings. The van der Waals surface area contributed by atoms with Crippen LogP contribution in [0.2, 0.25) is 0 Å². The molecule has 2 aromatic rings. The molecule has 2 rings (SSSR count). The first-order valence-electron chi connectivity index (χ1n) is 6.61. The van der Waals surface area contributed by atoms with Crippen LogP contribution in [0.4, 0.5) is 0 Å². The van der Waals surface area contributed by atoms with Gasteiger partial charge in [0.05, 0.1) is 4.83 Å². The maximum absolute atomic E-state index is 5.67. The van der Waals surface area contributed by atoms with Crippen molar-refractivity contribution in [2.24, 2.45) is 0 Å². The Bertz CT molecular complexity index is 596. The third-order valence-corrected chi connectivity index (χ3v) is 4.98. The van der Waals surface area contributed by atoms with Crippen molar-refractivity contribution < 1.29 is 4.42 Å². The van der Waals surface area contributed by atoms with Crippen LogP contribution in [-0.2, 0) is 0 Å². The summed E-state index contributed by atoms with van der Waals surface area (Å²) in [6.07, 6.45) is 0. The first-order valence-corrected chi connectivity index (χ1v) is 7.52. The van der Waals surface area contributed by atoms with Crippen molar-refractivity contribution >= 4 is 15.9 Å². The van der Waals surface area contributed by atoms with E-state index in [4.69, 9.17) is 4.42 Å². The van der Waals surface area contributed by atoms with Gasteiger partial charge in [-0.2, -0.15) is 0 Å². The first kappa shape index (κ1) is 14.4. The fourth-order valence-electron chi connectivity index (χ4n) is 2.69. The first-order chi connectivity index (χ1) is 8.82. The molecule has 1 atom stereocenters. The quantitative estimate of drug-likeness (QED) is 0.655. The minimum absolute atomic E-state index is 0.198. The summed E-state index contributed by atoms with van der Waals surface area (Å²) in [4.78, 5) is 0.198. The molecule has 2 heteroatoms. The van der Waals surface area contributed by atoms with Crippen molar-refractivity contribution in [3.63, 3.8) is 0 Å². The van der Waals surface area contributed by atoms with E-state index >= 15 is 0 Å². The van der Waals surface area contributed by atoms with Crippen LogP contribution in [0.1, 0.15) is 49.7 Å². The van der Waals surface area contributed by atoms with Crippen LogP contribution in [0, 0.1) is 41.5 Å². The highest BCUT2D eigenvalue weighted by Crippen LogP contribution is 2.39. The van der Waals surface area contributed by atoms with Gasteiger partial charge in [0, 0.05) is 5.56 Å². The number of halogens is 1. The third-order valence-electron chi connectivity index (χ3n) is 4.03. The van der Waals surface area contributed by atoms with E-state index < -0.39 is 0 Å². The van der Waals surface area contributed by atoms with Gasteiger partial charge in [0.15, 0.2) is 0 Å². The van der Waals surface area contributed by atoms with E-state index in [0.717, 1.165) is 11.5 Å². The summed E-state index contributed by atoms with van der Waals surface area (Å²) in [5.74, 6) is 1.97. The Balaban J connectivity index is 2.62. The Morgan fingerprint density at radius 3 is 1.84 bits per heavy atom.